The average molecular weight is 402 g/mol. The summed E-state index contributed by atoms with van der Waals surface area (Å²) in [5, 5.41) is 30.2. The Balaban J connectivity index is 2.07. The number of aryl methyl sites for hydroxylation is 3. The van der Waals surface area contributed by atoms with E-state index in [1.165, 1.54) is 23.9 Å². The fourth-order valence-corrected chi connectivity index (χ4v) is 3.14. The van der Waals surface area contributed by atoms with Gasteiger partial charge >= 0.3 is 5.97 Å². The molecule has 0 spiro atoms. The van der Waals surface area contributed by atoms with Crippen molar-refractivity contribution in [3.05, 3.63) is 39.8 Å². The summed E-state index contributed by atoms with van der Waals surface area (Å²) in [6, 6.07) is 5.36. The van der Waals surface area contributed by atoms with Gasteiger partial charge in [0.1, 0.15) is 11.4 Å². The third-order valence-corrected chi connectivity index (χ3v) is 4.78. The highest BCUT2D eigenvalue weighted by Crippen LogP contribution is 2.32. The second-order valence-electron chi connectivity index (χ2n) is 7.19. The zero-order valence-corrected chi connectivity index (χ0v) is 17.1. The topological polar surface area (TPSA) is 120 Å². The highest BCUT2D eigenvalue weighted by atomic mass is 16.4. The number of H-pyrrole nitrogens is 1. The van der Waals surface area contributed by atoms with Gasteiger partial charge in [0.25, 0.3) is 5.56 Å². The number of hydrogen-bond donors (Lipinski definition) is 3. The van der Waals surface area contributed by atoms with Crippen LogP contribution in [0.5, 0.6) is 5.75 Å². The van der Waals surface area contributed by atoms with Crippen LogP contribution in [0.15, 0.2) is 33.2 Å². The molecule has 0 aliphatic heterocycles. The van der Waals surface area contributed by atoms with Crippen LogP contribution in [0.4, 0.5) is 11.4 Å². The van der Waals surface area contributed by atoms with E-state index < -0.39 is 5.97 Å². The molecule has 0 bridgehead atoms. The van der Waals surface area contributed by atoms with Crippen molar-refractivity contribution in [2.24, 2.45) is 10.2 Å². The number of aliphatic carboxylic acids is 1. The molecule has 1 aromatic heterocycles. The maximum atomic E-state index is 12.4. The van der Waals surface area contributed by atoms with E-state index in [2.05, 4.69) is 22.3 Å². The lowest BCUT2D eigenvalue weighted by atomic mass is 10.0. The second kappa shape index (κ2) is 11.2. The maximum absolute atomic E-state index is 12.4. The molecule has 0 fully saturated rings. The van der Waals surface area contributed by atoms with Gasteiger partial charge in [-0.15, -0.1) is 10.2 Å². The number of para-hydroxylation sites is 1. The molecule has 0 aliphatic rings. The standard InChI is InChI=1S/C21H30N4O4/c1-3-4-5-6-7-10-16-11-8-12-17(20(16)28)22-23-19-15(2)24-25(21(19)29)14-9-13-18(26)27/h8,11-12,24,28H,3-7,9-10,13-14H2,1-2H3,(H,26,27). The molecule has 0 aliphatic carbocycles. The van der Waals surface area contributed by atoms with Crippen LogP contribution < -0.4 is 5.56 Å². The molecular weight excluding hydrogens is 372 g/mol. The van der Waals surface area contributed by atoms with Crippen molar-refractivity contribution in [2.45, 2.75) is 71.8 Å². The van der Waals surface area contributed by atoms with Gasteiger partial charge in [0.05, 0.1) is 5.69 Å². The van der Waals surface area contributed by atoms with Crippen molar-refractivity contribution < 1.29 is 15.0 Å². The SMILES string of the molecule is CCCCCCCc1cccc(N=Nc2c(C)[nH]n(CCCC(=O)O)c2=O)c1O. The van der Waals surface area contributed by atoms with Gasteiger partial charge in [-0.3, -0.25) is 19.4 Å². The minimum Gasteiger partial charge on any atom is -0.505 e. The molecule has 3 N–H and O–H groups in total. The highest BCUT2D eigenvalue weighted by molar-refractivity contribution is 5.66. The molecule has 29 heavy (non-hydrogen) atoms. The molecule has 2 rings (SSSR count). The number of carbonyl (C=O) groups is 1. The molecule has 0 radical (unpaired) electrons. The van der Waals surface area contributed by atoms with Gasteiger partial charge in [-0.05, 0) is 37.8 Å². The first-order valence-electron chi connectivity index (χ1n) is 10.2. The lowest BCUT2D eigenvalue weighted by Gasteiger charge is -2.06. The van der Waals surface area contributed by atoms with Gasteiger partial charge in [-0.2, -0.15) is 0 Å². The number of rotatable bonds is 12. The van der Waals surface area contributed by atoms with Crippen LogP contribution in [0.1, 0.15) is 63.1 Å². The van der Waals surface area contributed by atoms with Crippen molar-refractivity contribution in [3.63, 3.8) is 0 Å². The van der Waals surface area contributed by atoms with Crippen LogP contribution in [0, 0.1) is 6.92 Å². The number of aromatic hydroxyl groups is 1. The zero-order chi connectivity index (χ0) is 21.2. The molecule has 0 unspecified atom stereocenters. The van der Waals surface area contributed by atoms with E-state index in [0.29, 0.717) is 17.8 Å². The first-order chi connectivity index (χ1) is 13.9. The van der Waals surface area contributed by atoms with Gasteiger partial charge in [0, 0.05) is 13.0 Å². The number of hydrogen-bond acceptors (Lipinski definition) is 5. The molecule has 0 amide bonds. The third kappa shape index (κ3) is 6.58. The number of phenolic OH excluding ortho intramolecular Hbond substituents is 1. The smallest absolute Gasteiger partial charge is 0.303 e. The number of nitrogens with one attached hydrogen (secondary N) is 1. The fourth-order valence-electron chi connectivity index (χ4n) is 3.14. The van der Waals surface area contributed by atoms with E-state index in [0.717, 1.165) is 24.8 Å². The van der Waals surface area contributed by atoms with Gasteiger partial charge in [0.2, 0.25) is 0 Å². The summed E-state index contributed by atoms with van der Waals surface area (Å²) in [6.45, 7) is 4.15. The molecule has 0 saturated carbocycles. The van der Waals surface area contributed by atoms with E-state index in [1.807, 2.05) is 12.1 Å². The number of aromatic amines is 1. The molecule has 0 saturated heterocycles. The normalized spacial score (nSPS) is 11.4. The Morgan fingerprint density at radius 2 is 1.90 bits per heavy atom. The molecule has 1 aromatic carbocycles. The Bertz CT molecular complexity index is 899. The van der Waals surface area contributed by atoms with Crippen molar-refractivity contribution in [3.8, 4) is 5.75 Å². The number of nitrogens with zero attached hydrogens (tertiary/aromatic N) is 3. The number of carboxylic acids is 1. The molecule has 0 atom stereocenters. The predicted molar refractivity (Wildman–Crippen MR) is 111 cm³/mol. The van der Waals surface area contributed by atoms with Gasteiger partial charge < -0.3 is 10.2 Å². The molecule has 8 nitrogen and oxygen atoms in total. The Labute approximate surface area is 170 Å². The number of unbranched alkanes of at least 4 members (excludes halogenated alkanes) is 4. The minimum absolute atomic E-state index is 0.0134. The summed E-state index contributed by atoms with van der Waals surface area (Å²) >= 11 is 0. The van der Waals surface area contributed by atoms with Crippen molar-refractivity contribution in [1.82, 2.24) is 9.78 Å². The number of azo groups is 1. The van der Waals surface area contributed by atoms with Crippen LogP contribution in [0.2, 0.25) is 0 Å². The van der Waals surface area contributed by atoms with Crippen molar-refractivity contribution >= 4 is 17.3 Å². The van der Waals surface area contributed by atoms with Gasteiger partial charge in [-0.25, -0.2) is 0 Å². The molecule has 158 valence electrons. The van der Waals surface area contributed by atoms with E-state index in [9.17, 15) is 14.7 Å². The predicted octanol–water partition coefficient (Wildman–Crippen LogP) is 4.98. The average Bonchev–Trinajstić information content (AvgIpc) is 2.95. The van der Waals surface area contributed by atoms with Crippen LogP contribution >= 0.6 is 0 Å². The van der Waals surface area contributed by atoms with Crippen LogP contribution in [-0.4, -0.2) is 26.0 Å². The summed E-state index contributed by atoms with van der Waals surface area (Å²) in [7, 11) is 0. The minimum atomic E-state index is -0.901. The second-order valence-corrected chi connectivity index (χ2v) is 7.19. The lowest BCUT2D eigenvalue weighted by molar-refractivity contribution is -0.137. The Hall–Kier alpha value is -2.90. The van der Waals surface area contributed by atoms with E-state index in [1.54, 1.807) is 13.0 Å². The molecule has 8 heteroatoms. The fraction of sp³-hybridized carbons (Fsp3) is 0.524. The summed E-state index contributed by atoms with van der Waals surface area (Å²) in [4.78, 5) is 23.1. The summed E-state index contributed by atoms with van der Waals surface area (Å²) in [5.74, 6) is -0.802. The van der Waals surface area contributed by atoms with Gasteiger partial charge in [-0.1, -0.05) is 44.7 Å². The Kier molecular flexibility index (Phi) is 8.64. The Morgan fingerprint density at radius 3 is 2.62 bits per heavy atom. The zero-order valence-electron chi connectivity index (χ0n) is 17.1. The Morgan fingerprint density at radius 1 is 1.14 bits per heavy atom. The lowest BCUT2D eigenvalue weighted by Crippen LogP contribution is -2.17. The van der Waals surface area contributed by atoms with E-state index in [-0.39, 0.29) is 30.0 Å². The third-order valence-electron chi connectivity index (χ3n) is 4.78. The summed E-state index contributed by atoms with van der Waals surface area (Å²) in [5.41, 5.74) is 1.50. The monoisotopic (exact) mass is 402 g/mol. The molecule has 1 heterocycles. The number of aromatic nitrogens is 2. The molecule has 2 aromatic rings. The van der Waals surface area contributed by atoms with Crippen molar-refractivity contribution in [2.75, 3.05) is 0 Å². The van der Waals surface area contributed by atoms with Crippen LogP contribution in [0.25, 0.3) is 0 Å². The molecular formula is C21H30N4O4. The van der Waals surface area contributed by atoms with E-state index in [4.69, 9.17) is 5.11 Å². The number of carboxylic acid groups (broad SMARTS) is 1. The van der Waals surface area contributed by atoms with E-state index >= 15 is 0 Å². The summed E-state index contributed by atoms with van der Waals surface area (Å²) < 4.78 is 1.33. The van der Waals surface area contributed by atoms with Crippen LogP contribution in [0.3, 0.4) is 0 Å². The van der Waals surface area contributed by atoms with Crippen LogP contribution in [-0.2, 0) is 17.8 Å². The maximum Gasteiger partial charge on any atom is 0.303 e. The quantitative estimate of drug-likeness (QED) is 0.342. The van der Waals surface area contributed by atoms with Crippen molar-refractivity contribution in [1.29, 1.82) is 0 Å². The first kappa shape index (κ1) is 22.4. The first-order valence-corrected chi connectivity index (χ1v) is 10.2. The number of phenols is 1. The number of benzene rings is 1. The summed E-state index contributed by atoms with van der Waals surface area (Å²) in [6.07, 6.45) is 6.86. The largest absolute Gasteiger partial charge is 0.505 e. The van der Waals surface area contributed by atoms with Gasteiger partial charge in [0.15, 0.2) is 5.69 Å². The highest BCUT2D eigenvalue weighted by Gasteiger charge is 2.12.